The number of aromatic amines is 1. The number of carbonyl (C=O) groups excluding carboxylic acids is 1. The van der Waals surface area contributed by atoms with Crippen LogP contribution in [-0.4, -0.2) is 34.9 Å². The molecule has 26 heavy (non-hydrogen) atoms. The molecule has 1 radical (unpaired) electrons. The number of aromatic nitrogens is 2. The standard InChI is InChI=1S/C19H18BrN4OS/c1-24(15-6-7-16-13(8-15)9-21-23-16)19(25)18-11-26-10-17(22-18)12-2-4-14(20)5-3-12/h2-9,11,17-18,22H,10H2,1H3,(H,21,23)/t17?,18-/m0/s1. The van der Waals surface area contributed by atoms with Crippen molar-refractivity contribution in [2.75, 3.05) is 17.7 Å². The van der Waals surface area contributed by atoms with Gasteiger partial charge in [-0.25, -0.2) is 0 Å². The van der Waals surface area contributed by atoms with E-state index in [0.29, 0.717) is 0 Å². The number of likely N-dealkylation sites (N-methyl/N-ethyl adjacent to an activating group) is 1. The van der Waals surface area contributed by atoms with Gasteiger partial charge in [0.05, 0.1) is 11.7 Å². The van der Waals surface area contributed by atoms with Crippen molar-refractivity contribution < 1.29 is 4.79 Å². The Bertz CT molecular complexity index is 927. The molecule has 1 saturated heterocycles. The lowest BCUT2D eigenvalue weighted by molar-refractivity contribution is -0.119. The van der Waals surface area contributed by atoms with Gasteiger partial charge in [-0.3, -0.25) is 15.2 Å². The van der Waals surface area contributed by atoms with Crippen molar-refractivity contribution in [3.8, 4) is 0 Å². The molecule has 1 amide bonds. The number of nitrogens with zero attached hydrogens (tertiary/aromatic N) is 2. The third-order valence-electron chi connectivity index (χ3n) is 4.56. The van der Waals surface area contributed by atoms with E-state index in [4.69, 9.17) is 0 Å². The van der Waals surface area contributed by atoms with Crippen LogP contribution in [0.3, 0.4) is 0 Å². The summed E-state index contributed by atoms with van der Waals surface area (Å²) in [5.74, 6) is 2.93. The number of anilines is 1. The highest BCUT2D eigenvalue weighted by molar-refractivity contribution is 9.10. The third kappa shape index (κ3) is 3.51. The maximum absolute atomic E-state index is 13.0. The fourth-order valence-corrected chi connectivity index (χ4v) is 4.29. The molecule has 0 saturated carbocycles. The van der Waals surface area contributed by atoms with Crippen molar-refractivity contribution in [2.24, 2.45) is 0 Å². The molecule has 0 aliphatic carbocycles. The number of amides is 1. The molecule has 4 rings (SSSR count). The van der Waals surface area contributed by atoms with Gasteiger partial charge in [0.25, 0.3) is 0 Å². The van der Waals surface area contributed by atoms with Crippen LogP contribution in [0.15, 0.2) is 53.1 Å². The minimum atomic E-state index is -0.326. The number of thioether (sulfide) groups is 1. The van der Waals surface area contributed by atoms with Crippen molar-refractivity contribution in [2.45, 2.75) is 12.1 Å². The van der Waals surface area contributed by atoms with E-state index in [1.165, 1.54) is 5.56 Å². The van der Waals surface area contributed by atoms with E-state index in [0.717, 1.165) is 26.8 Å². The molecule has 3 aromatic rings. The molecule has 7 heteroatoms. The van der Waals surface area contributed by atoms with Crippen LogP contribution in [0.25, 0.3) is 10.9 Å². The summed E-state index contributed by atoms with van der Waals surface area (Å²) in [6, 6.07) is 13.9. The predicted molar refractivity (Wildman–Crippen MR) is 110 cm³/mol. The van der Waals surface area contributed by atoms with Crippen LogP contribution in [0.2, 0.25) is 0 Å². The summed E-state index contributed by atoms with van der Waals surface area (Å²) in [4.78, 5) is 14.7. The number of carbonyl (C=O) groups is 1. The number of hydrogen-bond donors (Lipinski definition) is 2. The lowest BCUT2D eigenvalue weighted by Gasteiger charge is -2.32. The summed E-state index contributed by atoms with van der Waals surface area (Å²) < 4.78 is 1.05. The third-order valence-corrected chi connectivity index (χ3v) is 6.08. The van der Waals surface area contributed by atoms with Gasteiger partial charge in [-0.05, 0) is 35.9 Å². The van der Waals surface area contributed by atoms with E-state index in [1.54, 1.807) is 22.9 Å². The second-order valence-corrected chi connectivity index (χ2v) is 8.11. The zero-order valence-corrected chi connectivity index (χ0v) is 16.5. The first-order valence-corrected chi connectivity index (χ1v) is 10.1. The van der Waals surface area contributed by atoms with Gasteiger partial charge in [0.15, 0.2) is 0 Å². The SMILES string of the molecule is CN(C(=O)[C@@H]1[CH]SCC(c2ccc(Br)cc2)N1)c1ccc2[nH]ncc2c1. The number of hydrogen-bond acceptors (Lipinski definition) is 4. The molecular weight excluding hydrogens is 412 g/mol. The van der Waals surface area contributed by atoms with Crippen LogP contribution >= 0.6 is 27.7 Å². The summed E-state index contributed by atoms with van der Waals surface area (Å²) in [7, 11) is 1.81. The Balaban J connectivity index is 1.50. The highest BCUT2D eigenvalue weighted by atomic mass is 79.9. The lowest BCUT2D eigenvalue weighted by atomic mass is 10.1. The van der Waals surface area contributed by atoms with Gasteiger partial charge < -0.3 is 4.90 Å². The van der Waals surface area contributed by atoms with Crippen LogP contribution in [0, 0.1) is 5.75 Å². The summed E-state index contributed by atoms with van der Waals surface area (Å²) in [5, 5.41) is 11.4. The normalized spacial score (nSPS) is 20.2. The van der Waals surface area contributed by atoms with Gasteiger partial charge in [-0.1, -0.05) is 28.1 Å². The quantitative estimate of drug-likeness (QED) is 0.662. The molecule has 2 N–H and O–H groups in total. The number of rotatable bonds is 3. The Labute approximate surface area is 164 Å². The number of fused-ring (bicyclic) bond motifs is 1. The average molecular weight is 430 g/mol. The van der Waals surface area contributed by atoms with Crippen molar-refractivity contribution in [3.05, 3.63) is 64.5 Å². The fraction of sp³-hybridized carbons (Fsp3) is 0.211. The summed E-state index contributed by atoms with van der Waals surface area (Å²) in [6.07, 6.45) is 1.77. The second-order valence-electron chi connectivity index (χ2n) is 6.26. The van der Waals surface area contributed by atoms with E-state index < -0.39 is 0 Å². The molecule has 1 aromatic heterocycles. The maximum Gasteiger partial charge on any atom is 0.245 e. The minimum Gasteiger partial charge on any atom is -0.314 e. The predicted octanol–water partition coefficient (Wildman–Crippen LogP) is 3.90. The van der Waals surface area contributed by atoms with Crippen molar-refractivity contribution in [1.82, 2.24) is 15.5 Å². The first-order valence-electron chi connectivity index (χ1n) is 8.29. The van der Waals surface area contributed by atoms with E-state index >= 15 is 0 Å². The van der Waals surface area contributed by atoms with Crippen LogP contribution in [-0.2, 0) is 4.79 Å². The molecular formula is C19H18BrN4OS. The first kappa shape index (κ1) is 17.6. The number of nitrogens with one attached hydrogen (secondary N) is 2. The number of benzene rings is 2. The van der Waals surface area contributed by atoms with Gasteiger partial charge in [0, 0.05) is 40.1 Å². The molecule has 2 atom stereocenters. The molecule has 2 heterocycles. The molecule has 1 aliphatic rings. The molecule has 1 aliphatic heterocycles. The Kier molecular flexibility index (Phi) is 5.02. The highest BCUT2D eigenvalue weighted by Gasteiger charge is 2.30. The topological polar surface area (TPSA) is 61.0 Å². The van der Waals surface area contributed by atoms with E-state index in [2.05, 4.69) is 43.6 Å². The van der Waals surface area contributed by atoms with Crippen LogP contribution < -0.4 is 10.2 Å². The largest absolute Gasteiger partial charge is 0.314 e. The molecule has 0 spiro atoms. The van der Waals surface area contributed by atoms with Gasteiger partial charge in [-0.15, -0.1) is 0 Å². The zero-order valence-electron chi connectivity index (χ0n) is 14.1. The molecule has 0 bridgehead atoms. The molecule has 2 aromatic carbocycles. The molecule has 1 unspecified atom stereocenters. The zero-order chi connectivity index (χ0) is 18.1. The Morgan fingerprint density at radius 3 is 2.88 bits per heavy atom. The average Bonchev–Trinajstić information content (AvgIpc) is 3.15. The minimum absolute atomic E-state index is 0.0298. The second kappa shape index (κ2) is 7.42. The van der Waals surface area contributed by atoms with Crippen molar-refractivity contribution in [3.63, 3.8) is 0 Å². The summed E-state index contributed by atoms with van der Waals surface area (Å²) in [6.45, 7) is 0. The monoisotopic (exact) mass is 429 g/mol. The highest BCUT2D eigenvalue weighted by Crippen LogP contribution is 2.29. The van der Waals surface area contributed by atoms with Crippen LogP contribution in [0.4, 0.5) is 5.69 Å². The van der Waals surface area contributed by atoms with Crippen molar-refractivity contribution in [1.29, 1.82) is 0 Å². The van der Waals surface area contributed by atoms with Gasteiger partial charge in [-0.2, -0.15) is 16.9 Å². The smallest absolute Gasteiger partial charge is 0.245 e. The Morgan fingerprint density at radius 2 is 2.08 bits per heavy atom. The number of halogens is 1. The molecule has 133 valence electrons. The van der Waals surface area contributed by atoms with Crippen LogP contribution in [0.1, 0.15) is 11.6 Å². The molecule has 1 fully saturated rings. The lowest BCUT2D eigenvalue weighted by Crippen LogP contribution is -2.49. The van der Waals surface area contributed by atoms with E-state index in [-0.39, 0.29) is 18.0 Å². The van der Waals surface area contributed by atoms with Gasteiger partial charge in [0.1, 0.15) is 6.04 Å². The first-order chi connectivity index (χ1) is 12.6. The van der Waals surface area contributed by atoms with E-state index in [9.17, 15) is 4.79 Å². The Hall–Kier alpha value is -1.83. The van der Waals surface area contributed by atoms with Gasteiger partial charge in [0.2, 0.25) is 5.91 Å². The number of H-pyrrole nitrogens is 1. The summed E-state index contributed by atoms with van der Waals surface area (Å²) >= 11 is 5.16. The molecule has 5 nitrogen and oxygen atoms in total. The fourth-order valence-electron chi connectivity index (χ4n) is 3.04. The van der Waals surface area contributed by atoms with Gasteiger partial charge >= 0.3 is 0 Å². The van der Waals surface area contributed by atoms with E-state index in [1.807, 2.05) is 43.1 Å². The maximum atomic E-state index is 13.0. The Morgan fingerprint density at radius 1 is 1.27 bits per heavy atom. The summed E-state index contributed by atoms with van der Waals surface area (Å²) in [5.41, 5.74) is 3.01. The van der Waals surface area contributed by atoms with Crippen molar-refractivity contribution >= 4 is 50.2 Å². The van der Waals surface area contributed by atoms with Crippen LogP contribution in [0.5, 0.6) is 0 Å².